The van der Waals surface area contributed by atoms with E-state index in [4.69, 9.17) is 4.74 Å². The molecule has 2 amide bonds. The average Bonchev–Trinajstić information content (AvgIpc) is 2.61. The largest absolute Gasteiger partial charge is 0.481 e. The fraction of sp³-hybridized carbons (Fsp3) is 0.222. The molecule has 1 atom stereocenters. The molecule has 0 heterocycles. The number of ether oxygens (including phenoxy) is 1. The van der Waals surface area contributed by atoms with Gasteiger partial charge < -0.3 is 4.74 Å². The van der Waals surface area contributed by atoms with Crippen LogP contribution in [0.4, 0.5) is 4.39 Å². The first-order chi connectivity index (χ1) is 12.0. The monoisotopic (exact) mass is 362 g/mol. The molecular formula is C18H19FN2O3S. The minimum Gasteiger partial charge on any atom is -0.481 e. The average molecular weight is 362 g/mol. The predicted octanol–water partition coefficient (Wildman–Crippen LogP) is 2.92. The van der Waals surface area contributed by atoms with Crippen LogP contribution in [0.3, 0.4) is 0 Å². The zero-order valence-corrected chi connectivity index (χ0v) is 14.7. The van der Waals surface area contributed by atoms with Gasteiger partial charge in [0.15, 0.2) is 6.10 Å². The number of carbonyl (C=O) groups is 2. The molecule has 0 aliphatic carbocycles. The maximum Gasteiger partial charge on any atom is 0.279 e. The molecule has 0 fully saturated rings. The summed E-state index contributed by atoms with van der Waals surface area (Å²) in [4.78, 5) is 24.1. The van der Waals surface area contributed by atoms with E-state index >= 15 is 0 Å². The van der Waals surface area contributed by atoms with Crippen LogP contribution in [-0.4, -0.2) is 24.2 Å². The van der Waals surface area contributed by atoms with E-state index in [1.807, 2.05) is 12.3 Å². The topological polar surface area (TPSA) is 67.4 Å². The lowest BCUT2D eigenvalue weighted by atomic mass is 10.1. The Hall–Kier alpha value is -2.54. The van der Waals surface area contributed by atoms with E-state index in [-0.39, 0.29) is 5.82 Å². The molecule has 2 aromatic carbocycles. The van der Waals surface area contributed by atoms with Crippen molar-refractivity contribution in [1.29, 1.82) is 0 Å². The number of benzene rings is 2. The van der Waals surface area contributed by atoms with Crippen LogP contribution in [0, 0.1) is 5.82 Å². The van der Waals surface area contributed by atoms with Gasteiger partial charge in [-0.15, -0.1) is 0 Å². The van der Waals surface area contributed by atoms with E-state index in [1.165, 1.54) is 31.2 Å². The van der Waals surface area contributed by atoms with Crippen LogP contribution in [0.1, 0.15) is 22.8 Å². The van der Waals surface area contributed by atoms with Crippen molar-refractivity contribution >= 4 is 23.6 Å². The number of rotatable bonds is 6. The van der Waals surface area contributed by atoms with Crippen LogP contribution in [0.5, 0.6) is 5.75 Å². The number of hydrogen-bond donors (Lipinski definition) is 2. The van der Waals surface area contributed by atoms with E-state index in [1.54, 1.807) is 30.0 Å². The predicted molar refractivity (Wildman–Crippen MR) is 95.8 cm³/mol. The smallest absolute Gasteiger partial charge is 0.279 e. The number of hydrazine groups is 1. The van der Waals surface area contributed by atoms with Crippen molar-refractivity contribution in [2.75, 3.05) is 6.26 Å². The summed E-state index contributed by atoms with van der Waals surface area (Å²) in [5, 5.41) is 0. The molecule has 5 nitrogen and oxygen atoms in total. The van der Waals surface area contributed by atoms with Crippen LogP contribution in [0.25, 0.3) is 0 Å². The number of hydrogen-bond acceptors (Lipinski definition) is 4. The Labute approximate surface area is 149 Å². The third kappa shape index (κ3) is 5.79. The molecule has 0 radical (unpaired) electrons. The Balaban J connectivity index is 1.86. The van der Waals surface area contributed by atoms with Gasteiger partial charge in [0, 0.05) is 11.3 Å². The van der Waals surface area contributed by atoms with Gasteiger partial charge in [-0.25, -0.2) is 4.39 Å². The van der Waals surface area contributed by atoms with Crippen molar-refractivity contribution in [2.45, 2.75) is 18.8 Å². The summed E-state index contributed by atoms with van der Waals surface area (Å²) in [6.45, 7) is 1.53. The summed E-state index contributed by atoms with van der Waals surface area (Å²) in [7, 11) is 0. The maximum atomic E-state index is 12.8. The van der Waals surface area contributed by atoms with E-state index in [2.05, 4.69) is 10.9 Å². The lowest BCUT2D eigenvalue weighted by Crippen LogP contribution is -2.47. The molecule has 7 heteroatoms. The van der Waals surface area contributed by atoms with Gasteiger partial charge in [0.1, 0.15) is 11.6 Å². The van der Waals surface area contributed by atoms with Gasteiger partial charge >= 0.3 is 0 Å². The van der Waals surface area contributed by atoms with Crippen LogP contribution < -0.4 is 15.6 Å². The Morgan fingerprint density at radius 2 is 1.88 bits per heavy atom. The van der Waals surface area contributed by atoms with Gasteiger partial charge in [0.2, 0.25) is 0 Å². The first kappa shape index (κ1) is 18.8. The lowest BCUT2D eigenvalue weighted by Gasteiger charge is -2.15. The number of halogens is 1. The van der Waals surface area contributed by atoms with E-state index in [0.29, 0.717) is 11.3 Å². The van der Waals surface area contributed by atoms with Crippen molar-refractivity contribution in [2.24, 2.45) is 0 Å². The first-order valence-corrected chi connectivity index (χ1v) is 8.99. The third-order valence-corrected chi connectivity index (χ3v) is 3.92. The highest BCUT2D eigenvalue weighted by molar-refractivity contribution is 7.97. The minimum absolute atomic E-state index is 0.361. The molecule has 0 aromatic heterocycles. The summed E-state index contributed by atoms with van der Waals surface area (Å²) in [6.07, 6.45) is 1.13. The highest BCUT2D eigenvalue weighted by atomic mass is 32.2. The van der Waals surface area contributed by atoms with Gasteiger partial charge in [-0.1, -0.05) is 12.1 Å². The molecule has 0 spiro atoms. The van der Waals surface area contributed by atoms with Gasteiger partial charge in [0.25, 0.3) is 11.8 Å². The summed E-state index contributed by atoms with van der Waals surface area (Å²) >= 11 is 1.66. The Bertz CT molecular complexity index is 737. The summed E-state index contributed by atoms with van der Waals surface area (Å²) in [6, 6.07) is 12.5. The molecular weight excluding hydrogens is 343 g/mol. The highest BCUT2D eigenvalue weighted by Crippen LogP contribution is 2.13. The number of carbonyl (C=O) groups excluding carboxylic acids is 2. The quantitative estimate of drug-likeness (QED) is 0.776. The first-order valence-electron chi connectivity index (χ1n) is 7.60. The molecule has 0 aliphatic rings. The molecule has 25 heavy (non-hydrogen) atoms. The van der Waals surface area contributed by atoms with Crippen molar-refractivity contribution in [3.63, 3.8) is 0 Å². The second-order valence-corrected chi connectivity index (χ2v) is 6.16. The van der Waals surface area contributed by atoms with E-state index in [9.17, 15) is 14.0 Å². The third-order valence-electron chi connectivity index (χ3n) is 3.30. The van der Waals surface area contributed by atoms with E-state index in [0.717, 1.165) is 11.3 Å². The zero-order chi connectivity index (χ0) is 18.2. The van der Waals surface area contributed by atoms with E-state index < -0.39 is 17.9 Å². The molecule has 2 aromatic rings. The second kappa shape index (κ2) is 9.08. The van der Waals surface area contributed by atoms with Crippen molar-refractivity contribution in [3.8, 4) is 5.75 Å². The van der Waals surface area contributed by atoms with Crippen LogP contribution in [0.2, 0.25) is 0 Å². The number of nitrogens with one attached hydrogen (secondary N) is 2. The molecule has 2 N–H and O–H groups in total. The van der Waals surface area contributed by atoms with Crippen molar-refractivity contribution in [1.82, 2.24) is 10.9 Å². The van der Waals surface area contributed by atoms with Crippen LogP contribution in [-0.2, 0) is 10.5 Å². The van der Waals surface area contributed by atoms with Crippen LogP contribution in [0.15, 0.2) is 48.5 Å². The van der Waals surface area contributed by atoms with Gasteiger partial charge in [-0.3, -0.25) is 20.4 Å². The number of amides is 2. The van der Waals surface area contributed by atoms with Crippen LogP contribution >= 0.6 is 11.8 Å². The Morgan fingerprint density at radius 3 is 2.56 bits per heavy atom. The van der Waals surface area contributed by atoms with Gasteiger partial charge in [-0.2, -0.15) is 11.8 Å². The van der Waals surface area contributed by atoms with Crippen molar-refractivity contribution in [3.05, 3.63) is 65.5 Å². The molecule has 0 saturated heterocycles. The fourth-order valence-corrected chi connectivity index (χ4v) is 2.54. The number of thioether (sulfide) groups is 1. The molecule has 2 rings (SSSR count). The van der Waals surface area contributed by atoms with Crippen molar-refractivity contribution < 1.29 is 18.7 Å². The zero-order valence-electron chi connectivity index (χ0n) is 13.9. The Kier molecular flexibility index (Phi) is 6.82. The lowest BCUT2D eigenvalue weighted by molar-refractivity contribution is -0.128. The minimum atomic E-state index is -0.853. The van der Waals surface area contributed by atoms with Gasteiger partial charge in [-0.05, 0) is 55.1 Å². The molecule has 0 bridgehead atoms. The normalized spacial score (nSPS) is 11.5. The maximum absolute atomic E-state index is 12.8. The summed E-state index contributed by atoms with van der Waals surface area (Å²) < 4.78 is 18.2. The second-order valence-electron chi connectivity index (χ2n) is 5.29. The highest BCUT2D eigenvalue weighted by Gasteiger charge is 2.16. The standard InChI is InChI=1S/C18H19FN2O3S/c1-12(24-16-8-6-15(19)7-9-16)17(22)20-21-18(23)14-5-3-4-13(10-14)11-25-2/h3-10,12H,11H2,1-2H3,(H,20,22)(H,21,23)/t12-/m1/s1. The fourth-order valence-electron chi connectivity index (χ4n) is 2.03. The SMILES string of the molecule is CSCc1cccc(C(=O)NNC(=O)[C@@H](C)Oc2ccc(F)cc2)c1. The molecule has 0 aliphatic heterocycles. The van der Waals surface area contributed by atoms with Gasteiger partial charge in [0.05, 0.1) is 0 Å². The molecule has 132 valence electrons. The summed E-state index contributed by atoms with van der Waals surface area (Å²) in [5.74, 6) is -0.153. The Morgan fingerprint density at radius 1 is 1.16 bits per heavy atom. The summed E-state index contributed by atoms with van der Waals surface area (Å²) in [5.41, 5.74) is 6.16. The molecule has 0 unspecified atom stereocenters. The molecule has 0 saturated carbocycles.